The van der Waals surface area contributed by atoms with Gasteiger partial charge in [-0.25, -0.2) is 0 Å². The van der Waals surface area contributed by atoms with Gasteiger partial charge in [0.15, 0.2) is 5.79 Å². The van der Waals surface area contributed by atoms with Gasteiger partial charge in [0.2, 0.25) is 5.91 Å². The normalized spacial score (nSPS) is 39.7. The molecule has 2 spiro atoms. The molecule has 3 atom stereocenters. The second-order valence-corrected chi connectivity index (χ2v) is 6.90. The van der Waals surface area contributed by atoms with Crippen LogP contribution >= 0.6 is 0 Å². The molecule has 4 rings (SSSR count). The van der Waals surface area contributed by atoms with Crippen molar-refractivity contribution in [3.8, 4) is 0 Å². The molecular weight excluding hydrogens is 286 g/mol. The first kappa shape index (κ1) is 14.5. The number of hydrogen-bond donors (Lipinski definition) is 0. The lowest BCUT2D eigenvalue weighted by atomic mass is 9.61. The Morgan fingerprint density at radius 2 is 2.05 bits per heavy atom. The van der Waals surface area contributed by atoms with Crippen molar-refractivity contribution < 1.29 is 23.8 Å². The molecule has 6 heteroatoms. The van der Waals surface area contributed by atoms with E-state index in [0.717, 1.165) is 25.7 Å². The Morgan fingerprint density at radius 3 is 2.77 bits per heavy atom. The summed E-state index contributed by atoms with van der Waals surface area (Å²) >= 11 is 0. The van der Waals surface area contributed by atoms with E-state index in [9.17, 15) is 9.59 Å². The van der Waals surface area contributed by atoms with E-state index in [1.54, 1.807) is 0 Å². The number of methoxy groups -OCH3 is 1. The molecule has 1 aliphatic carbocycles. The topological polar surface area (TPSA) is 65.1 Å². The van der Waals surface area contributed by atoms with Crippen LogP contribution in [-0.2, 0) is 23.8 Å². The summed E-state index contributed by atoms with van der Waals surface area (Å²) in [5, 5.41) is 0. The van der Waals surface area contributed by atoms with Crippen LogP contribution in [0.15, 0.2) is 0 Å². The maximum atomic E-state index is 12.7. The Kier molecular flexibility index (Phi) is 3.24. The van der Waals surface area contributed by atoms with Crippen molar-refractivity contribution in [1.29, 1.82) is 0 Å². The van der Waals surface area contributed by atoms with Gasteiger partial charge in [0.1, 0.15) is 5.92 Å². The van der Waals surface area contributed by atoms with E-state index in [1.807, 2.05) is 4.90 Å². The molecule has 0 aromatic carbocycles. The third-order valence-corrected chi connectivity index (χ3v) is 6.15. The van der Waals surface area contributed by atoms with Gasteiger partial charge in [0.25, 0.3) is 0 Å². The maximum absolute atomic E-state index is 12.7. The molecule has 3 aliphatic heterocycles. The minimum atomic E-state index is -0.899. The summed E-state index contributed by atoms with van der Waals surface area (Å²) < 4.78 is 17.0. The Bertz CT molecular complexity index is 501. The van der Waals surface area contributed by atoms with E-state index in [1.165, 1.54) is 7.11 Å². The molecule has 122 valence electrons. The summed E-state index contributed by atoms with van der Waals surface area (Å²) in [4.78, 5) is 27.2. The van der Waals surface area contributed by atoms with Gasteiger partial charge in [-0.1, -0.05) is 12.8 Å². The molecule has 0 N–H and O–H groups in total. The van der Waals surface area contributed by atoms with E-state index in [-0.39, 0.29) is 17.8 Å². The SMILES string of the molecule is COC(=O)[C@@H]1C2(CCN3C(=O)C[C@@H]4CCCC[C@]413)OCCO2. The van der Waals surface area contributed by atoms with Crippen LogP contribution in [0.1, 0.15) is 38.5 Å². The van der Waals surface area contributed by atoms with E-state index in [2.05, 4.69) is 0 Å². The first-order valence-corrected chi connectivity index (χ1v) is 8.30. The summed E-state index contributed by atoms with van der Waals surface area (Å²) in [6, 6.07) is 0. The predicted molar refractivity (Wildman–Crippen MR) is 75.8 cm³/mol. The molecule has 4 aliphatic rings. The fourth-order valence-corrected chi connectivity index (χ4v) is 5.38. The van der Waals surface area contributed by atoms with Crippen LogP contribution in [0.25, 0.3) is 0 Å². The van der Waals surface area contributed by atoms with Crippen molar-refractivity contribution >= 4 is 11.9 Å². The molecule has 0 aromatic heterocycles. The average molecular weight is 309 g/mol. The van der Waals surface area contributed by atoms with Crippen LogP contribution in [0.3, 0.4) is 0 Å². The Balaban J connectivity index is 1.83. The zero-order valence-corrected chi connectivity index (χ0v) is 13.0. The fourth-order valence-electron chi connectivity index (χ4n) is 5.38. The largest absolute Gasteiger partial charge is 0.469 e. The first-order valence-electron chi connectivity index (χ1n) is 8.30. The molecular formula is C16H23NO5. The molecule has 3 heterocycles. The number of esters is 1. The van der Waals surface area contributed by atoms with Crippen LogP contribution < -0.4 is 0 Å². The monoisotopic (exact) mass is 309 g/mol. The summed E-state index contributed by atoms with van der Waals surface area (Å²) in [5.74, 6) is -1.34. The third kappa shape index (κ3) is 1.68. The number of carbonyl (C=O) groups excluding carboxylic acids is 2. The van der Waals surface area contributed by atoms with Crippen LogP contribution in [0, 0.1) is 11.8 Å². The van der Waals surface area contributed by atoms with E-state index in [4.69, 9.17) is 14.2 Å². The van der Waals surface area contributed by atoms with Gasteiger partial charge >= 0.3 is 5.97 Å². The van der Waals surface area contributed by atoms with Crippen molar-refractivity contribution in [2.45, 2.75) is 49.9 Å². The fraction of sp³-hybridized carbons (Fsp3) is 0.875. The summed E-state index contributed by atoms with van der Waals surface area (Å²) in [5.41, 5.74) is -0.467. The molecule has 0 bridgehead atoms. The molecule has 1 amide bonds. The minimum Gasteiger partial charge on any atom is -0.469 e. The quantitative estimate of drug-likeness (QED) is 0.678. The van der Waals surface area contributed by atoms with Crippen molar-refractivity contribution in [2.75, 3.05) is 26.9 Å². The second-order valence-electron chi connectivity index (χ2n) is 6.90. The molecule has 4 fully saturated rings. The van der Waals surface area contributed by atoms with Crippen molar-refractivity contribution in [2.24, 2.45) is 11.8 Å². The number of hydrogen-bond acceptors (Lipinski definition) is 5. The highest BCUT2D eigenvalue weighted by Crippen LogP contribution is 2.57. The van der Waals surface area contributed by atoms with Crippen LogP contribution in [0.5, 0.6) is 0 Å². The molecule has 3 saturated heterocycles. The third-order valence-electron chi connectivity index (χ3n) is 6.15. The van der Waals surface area contributed by atoms with Gasteiger partial charge in [-0.15, -0.1) is 0 Å². The highest BCUT2D eigenvalue weighted by Gasteiger charge is 2.69. The van der Waals surface area contributed by atoms with Crippen LogP contribution in [-0.4, -0.2) is 55.0 Å². The van der Waals surface area contributed by atoms with Crippen molar-refractivity contribution in [3.63, 3.8) is 0 Å². The van der Waals surface area contributed by atoms with Gasteiger partial charge in [-0.05, 0) is 18.8 Å². The van der Waals surface area contributed by atoms with Gasteiger partial charge in [-0.3, -0.25) is 9.59 Å². The Morgan fingerprint density at radius 1 is 1.27 bits per heavy atom. The number of rotatable bonds is 1. The lowest BCUT2D eigenvalue weighted by Crippen LogP contribution is -2.69. The van der Waals surface area contributed by atoms with Gasteiger partial charge in [-0.2, -0.15) is 0 Å². The highest BCUT2D eigenvalue weighted by molar-refractivity contribution is 5.84. The van der Waals surface area contributed by atoms with Gasteiger partial charge < -0.3 is 19.1 Å². The van der Waals surface area contributed by atoms with E-state index in [0.29, 0.717) is 32.6 Å². The first-order chi connectivity index (χ1) is 10.6. The lowest BCUT2D eigenvalue weighted by molar-refractivity contribution is -0.259. The molecule has 22 heavy (non-hydrogen) atoms. The summed E-state index contributed by atoms with van der Waals surface area (Å²) in [6.45, 7) is 1.62. The van der Waals surface area contributed by atoms with E-state index >= 15 is 0 Å². The van der Waals surface area contributed by atoms with Gasteiger partial charge in [0, 0.05) is 19.4 Å². The van der Waals surface area contributed by atoms with Crippen LogP contribution in [0.2, 0.25) is 0 Å². The lowest BCUT2D eigenvalue weighted by Gasteiger charge is -2.56. The molecule has 0 unspecified atom stereocenters. The summed E-state index contributed by atoms with van der Waals surface area (Å²) in [7, 11) is 1.41. The van der Waals surface area contributed by atoms with Crippen molar-refractivity contribution in [3.05, 3.63) is 0 Å². The maximum Gasteiger partial charge on any atom is 0.316 e. The van der Waals surface area contributed by atoms with Crippen LogP contribution in [0.4, 0.5) is 0 Å². The predicted octanol–water partition coefficient (Wildman–Crippen LogP) is 1.08. The zero-order valence-electron chi connectivity index (χ0n) is 13.0. The Hall–Kier alpha value is -1.14. The number of piperidine rings is 1. The second kappa shape index (κ2) is 4.93. The smallest absolute Gasteiger partial charge is 0.316 e. The van der Waals surface area contributed by atoms with E-state index < -0.39 is 17.2 Å². The standard InChI is InChI=1S/C16H23NO5/c1-20-14(19)13-15-5-3-2-4-11(15)10-12(18)17(15)7-6-16(13)21-8-9-22-16/h11,13H,2-10H2,1H3/t11-,13-,15-/m0/s1. The number of nitrogens with zero attached hydrogens (tertiary/aromatic N) is 1. The number of carbonyl (C=O) groups is 2. The molecule has 0 aromatic rings. The van der Waals surface area contributed by atoms with Gasteiger partial charge in [0.05, 0.1) is 25.9 Å². The average Bonchev–Trinajstić information content (AvgIpc) is 3.09. The molecule has 1 saturated carbocycles. The van der Waals surface area contributed by atoms with Crippen molar-refractivity contribution in [1.82, 2.24) is 4.90 Å². The number of ether oxygens (including phenoxy) is 3. The summed E-state index contributed by atoms with van der Waals surface area (Å²) in [6.07, 6.45) is 5.08. The minimum absolute atomic E-state index is 0.175. The highest BCUT2D eigenvalue weighted by atomic mass is 16.7. The Labute approximate surface area is 130 Å². The zero-order chi connectivity index (χ0) is 15.4. The molecule has 6 nitrogen and oxygen atoms in total. The number of amides is 1. The molecule has 0 radical (unpaired) electrons.